The molecule has 1 aromatic heterocycles. The highest BCUT2D eigenvalue weighted by molar-refractivity contribution is 7.90. The fourth-order valence-corrected chi connectivity index (χ4v) is 4.29. The van der Waals surface area contributed by atoms with Crippen LogP contribution in [0.4, 0.5) is 13.2 Å². The molecule has 0 saturated carbocycles. The molecule has 0 aliphatic rings. The molecule has 1 N–H and O–H groups in total. The van der Waals surface area contributed by atoms with Crippen molar-refractivity contribution < 1.29 is 26.3 Å². The molecule has 9 heteroatoms. The smallest absolute Gasteiger partial charge is 0.268 e. The zero-order valence-electron chi connectivity index (χ0n) is 15.0. The SMILES string of the molecule is CNCc1cn(S(=O)(=O)c2ccc(F)cc2)c(-c2ccc(F)cc2F)c1OC. The predicted molar refractivity (Wildman–Crippen MR) is 98.1 cm³/mol. The van der Waals surface area contributed by atoms with Crippen molar-refractivity contribution in [3.05, 3.63) is 71.7 Å². The largest absolute Gasteiger partial charge is 0.494 e. The van der Waals surface area contributed by atoms with Crippen LogP contribution in [0.15, 0.2) is 53.6 Å². The first-order valence-electron chi connectivity index (χ1n) is 8.19. The van der Waals surface area contributed by atoms with Gasteiger partial charge >= 0.3 is 0 Å². The van der Waals surface area contributed by atoms with Crippen LogP contribution >= 0.6 is 0 Å². The third-order valence-corrected chi connectivity index (χ3v) is 5.80. The van der Waals surface area contributed by atoms with Crippen molar-refractivity contribution >= 4 is 10.0 Å². The molecule has 0 radical (unpaired) electrons. The Bertz CT molecular complexity index is 1110. The summed E-state index contributed by atoms with van der Waals surface area (Å²) in [6.45, 7) is 0.241. The maximum absolute atomic E-state index is 14.5. The van der Waals surface area contributed by atoms with E-state index in [1.54, 1.807) is 7.05 Å². The minimum atomic E-state index is -4.21. The van der Waals surface area contributed by atoms with Crippen LogP contribution in [-0.2, 0) is 16.6 Å². The fraction of sp³-hybridized carbons (Fsp3) is 0.158. The van der Waals surface area contributed by atoms with E-state index in [4.69, 9.17) is 4.74 Å². The van der Waals surface area contributed by atoms with Gasteiger partial charge in [-0.1, -0.05) is 0 Å². The Morgan fingerprint density at radius 2 is 1.68 bits per heavy atom. The third-order valence-electron chi connectivity index (χ3n) is 4.13. The van der Waals surface area contributed by atoms with Gasteiger partial charge in [0, 0.05) is 29.9 Å². The van der Waals surface area contributed by atoms with Crippen molar-refractivity contribution in [3.8, 4) is 17.0 Å². The van der Waals surface area contributed by atoms with Gasteiger partial charge in [0.15, 0.2) is 0 Å². The topological polar surface area (TPSA) is 60.3 Å². The first-order valence-corrected chi connectivity index (χ1v) is 9.63. The first kappa shape index (κ1) is 20.0. The molecule has 3 aromatic rings. The van der Waals surface area contributed by atoms with Crippen LogP contribution in [-0.4, -0.2) is 26.5 Å². The van der Waals surface area contributed by atoms with Crippen molar-refractivity contribution in [1.29, 1.82) is 0 Å². The van der Waals surface area contributed by atoms with Crippen LogP contribution in [0.1, 0.15) is 5.56 Å². The molecule has 0 saturated heterocycles. The second kappa shape index (κ2) is 7.69. The summed E-state index contributed by atoms with van der Waals surface area (Å²) in [5.74, 6) is -2.20. The average molecular weight is 410 g/mol. The molecule has 0 aliphatic carbocycles. The van der Waals surface area contributed by atoms with Gasteiger partial charge in [-0.25, -0.2) is 25.6 Å². The average Bonchev–Trinajstić information content (AvgIpc) is 3.01. The van der Waals surface area contributed by atoms with Crippen molar-refractivity contribution in [1.82, 2.24) is 9.29 Å². The molecule has 0 aliphatic heterocycles. The van der Waals surface area contributed by atoms with Gasteiger partial charge in [0.05, 0.1) is 12.0 Å². The maximum Gasteiger partial charge on any atom is 0.268 e. The summed E-state index contributed by atoms with van der Waals surface area (Å²) in [5, 5.41) is 2.88. The van der Waals surface area contributed by atoms with E-state index in [0.717, 1.165) is 40.4 Å². The van der Waals surface area contributed by atoms with Gasteiger partial charge in [-0.15, -0.1) is 0 Å². The number of aromatic nitrogens is 1. The number of rotatable bonds is 6. The van der Waals surface area contributed by atoms with Crippen molar-refractivity contribution in [2.24, 2.45) is 0 Å². The minimum Gasteiger partial charge on any atom is -0.494 e. The van der Waals surface area contributed by atoms with Gasteiger partial charge in [-0.2, -0.15) is 0 Å². The molecule has 0 atom stereocenters. The van der Waals surface area contributed by atoms with E-state index in [2.05, 4.69) is 5.32 Å². The highest BCUT2D eigenvalue weighted by atomic mass is 32.2. The molecule has 3 rings (SSSR count). The summed E-state index contributed by atoms with van der Waals surface area (Å²) >= 11 is 0. The predicted octanol–water partition coefficient (Wildman–Crippen LogP) is 3.54. The lowest BCUT2D eigenvalue weighted by Crippen LogP contribution is -2.14. The Labute approximate surface area is 160 Å². The van der Waals surface area contributed by atoms with Crippen LogP contribution < -0.4 is 10.1 Å². The van der Waals surface area contributed by atoms with Crippen LogP contribution in [0.25, 0.3) is 11.3 Å². The van der Waals surface area contributed by atoms with Crippen LogP contribution in [0, 0.1) is 17.5 Å². The minimum absolute atomic E-state index is 0.0884. The fourth-order valence-electron chi connectivity index (χ4n) is 2.89. The lowest BCUT2D eigenvalue weighted by Gasteiger charge is -2.13. The van der Waals surface area contributed by atoms with Gasteiger partial charge in [0.2, 0.25) is 0 Å². The van der Waals surface area contributed by atoms with Gasteiger partial charge < -0.3 is 10.1 Å². The number of hydrogen-bond acceptors (Lipinski definition) is 4. The standard InChI is InChI=1S/C19H17F3N2O3S/c1-23-10-12-11-24(28(25,26)15-6-3-13(20)4-7-15)18(19(12)27-2)16-8-5-14(21)9-17(16)22/h3-9,11,23H,10H2,1-2H3. The lowest BCUT2D eigenvalue weighted by atomic mass is 10.1. The zero-order chi connectivity index (χ0) is 20.5. The molecule has 0 amide bonds. The molecule has 0 unspecified atom stereocenters. The number of halogens is 3. The number of ether oxygens (including phenoxy) is 1. The van der Waals surface area contributed by atoms with E-state index >= 15 is 0 Å². The van der Waals surface area contributed by atoms with Gasteiger partial charge in [0.25, 0.3) is 10.0 Å². The van der Waals surface area contributed by atoms with Crippen LogP contribution in [0.3, 0.4) is 0 Å². The summed E-state index contributed by atoms with van der Waals surface area (Å²) in [7, 11) is -1.23. The molecule has 148 valence electrons. The second-order valence-corrected chi connectivity index (χ2v) is 7.76. The van der Waals surface area contributed by atoms with Crippen LogP contribution in [0.2, 0.25) is 0 Å². The van der Waals surface area contributed by atoms with Crippen LogP contribution in [0.5, 0.6) is 5.75 Å². The highest BCUT2D eigenvalue weighted by Gasteiger charge is 2.28. The van der Waals surface area contributed by atoms with Gasteiger partial charge in [-0.3, -0.25) is 0 Å². The zero-order valence-corrected chi connectivity index (χ0v) is 15.9. The summed E-state index contributed by atoms with van der Waals surface area (Å²) in [4.78, 5) is -0.189. The monoisotopic (exact) mass is 410 g/mol. The van der Waals surface area contributed by atoms with E-state index in [1.165, 1.54) is 13.3 Å². The maximum atomic E-state index is 14.5. The Hall–Kier alpha value is -2.78. The third kappa shape index (κ3) is 3.50. The van der Waals surface area contributed by atoms with E-state index in [1.807, 2.05) is 0 Å². The van der Waals surface area contributed by atoms with E-state index in [9.17, 15) is 21.6 Å². The number of hydrogen-bond donors (Lipinski definition) is 1. The van der Waals surface area contributed by atoms with Crippen molar-refractivity contribution in [3.63, 3.8) is 0 Å². The van der Waals surface area contributed by atoms with E-state index < -0.39 is 27.5 Å². The summed E-state index contributed by atoms with van der Waals surface area (Å²) in [5.41, 5.74) is 0.218. The number of methoxy groups -OCH3 is 1. The van der Waals surface area contributed by atoms with Crippen molar-refractivity contribution in [2.45, 2.75) is 11.4 Å². The second-order valence-electron chi connectivity index (χ2n) is 5.95. The Morgan fingerprint density at radius 1 is 1.04 bits per heavy atom. The Morgan fingerprint density at radius 3 is 2.25 bits per heavy atom. The molecule has 28 heavy (non-hydrogen) atoms. The normalized spacial score (nSPS) is 11.6. The Balaban J connectivity index is 2.32. The molecule has 0 spiro atoms. The molecule has 5 nitrogen and oxygen atoms in total. The molecular formula is C19H17F3N2O3S. The summed E-state index contributed by atoms with van der Waals surface area (Å²) in [6.07, 6.45) is 1.30. The Kier molecular flexibility index (Phi) is 5.48. The van der Waals surface area contributed by atoms with Gasteiger partial charge in [0.1, 0.15) is 28.9 Å². The first-order chi connectivity index (χ1) is 13.3. The number of benzene rings is 2. The number of nitrogens with one attached hydrogen (secondary N) is 1. The molecule has 0 fully saturated rings. The van der Waals surface area contributed by atoms with E-state index in [-0.39, 0.29) is 28.4 Å². The lowest BCUT2D eigenvalue weighted by molar-refractivity contribution is 0.411. The quantitative estimate of drug-likeness (QED) is 0.675. The molecule has 1 heterocycles. The summed E-state index contributed by atoms with van der Waals surface area (Å²) in [6, 6.07) is 7.08. The van der Waals surface area contributed by atoms with E-state index in [0.29, 0.717) is 11.6 Å². The molecule has 2 aromatic carbocycles. The summed E-state index contributed by atoms with van der Waals surface area (Å²) < 4.78 is 73.6. The van der Waals surface area contributed by atoms with Gasteiger partial charge in [-0.05, 0) is 43.4 Å². The molecular weight excluding hydrogens is 393 g/mol. The van der Waals surface area contributed by atoms with Crippen molar-refractivity contribution in [2.75, 3.05) is 14.2 Å². The molecule has 0 bridgehead atoms. The number of nitrogens with zero attached hydrogens (tertiary/aromatic N) is 1. The highest BCUT2D eigenvalue weighted by Crippen LogP contribution is 2.39.